The van der Waals surface area contributed by atoms with E-state index in [2.05, 4.69) is 19.2 Å². The van der Waals surface area contributed by atoms with Crippen LogP contribution in [0.25, 0.3) is 0 Å². The van der Waals surface area contributed by atoms with Gasteiger partial charge in [0.2, 0.25) is 0 Å². The van der Waals surface area contributed by atoms with Gasteiger partial charge >= 0.3 is 0 Å². The predicted molar refractivity (Wildman–Crippen MR) is 82.8 cm³/mol. The minimum Gasteiger partial charge on any atom is -0.389 e. The summed E-state index contributed by atoms with van der Waals surface area (Å²) in [7, 11) is 0. The molecular formula is C17H33NO2. The Bertz CT molecular complexity index is 268. The summed E-state index contributed by atoms with van der Waals surface area (Å²) >= 11 is 0. The molecule has 0 aromatic heterocycles. The number of rotatable bonds is 8. The first-order chi connectivity index (χ1) is 9.70. The first-order valence-electron chi connectivity index (χ1n) is 8.73. The summed E-state index contributed by atoms with van der Waals surface area (Å²) in [4.78, 5) is 0. The summed E-state index contributed by atoms with van der Waals surface area (Å²) in [5.41, 5.74) is 0. The van der Waals surface area contributed by atoms with Gasteiger partial charge < -0.3 is 15.2 Å². The molecule has 0 aliphatic heterocycles. The Morgan fingerprint density at radius 1 is 1.15 bits per heavy atom. The third kappa shape index (κ3) is 4.71. The SMILES string of the molecule is CCC1CCCCC1OCC(O)CNC(C)C1CCC1. The highest BCUT2D eigenvalue weighted by atomic mass is 16.5. The summed E-state index contributed by atoms with van der Waals surface area (Å²) in [5, 5.41) is 13.5. The Balaban J connectivity index is 1.59. The van der Waals surface area contributed by atoms with Crippen LogP contribution in [-0.4, -0.2) is 36.5 Å². The molecule has 0 saturated heterocycles. The molecule has 0 amide bonds. The van der Waals surface area contributed by atoms with Crippen molar-refractivity contribution in [1.29, 1.82) is 0 Å². The van der Waals surface area contributed by atoms with Crippen LogP contribution in [-0.2, 0) is 4.74 Å². The molecule has 20 heavy (non-hydrogen) atoms. The highest BCUT2D eigenvalue weighted by Crippen LogP contribution is 2.30. The maximum absolute atomic E-state index is 10.1. The number of hydrogen-bond acceptors (Lipinski definition) is 3. The van der Waals surface area contributed by atoms with Gasteiger partial charge in [-0.25, -0.2) is 0 Å². The fraction of sp³-hybridized carbons (Fsp3) is 1.00. The molecule has 118 valence electrons. The van der Waals surface area contributed by atoms with Gasteiger partial charge in [0, 0.05) is 12.6 Å². The van der Waals surface area contributed by atoms with Crippen LogP contribution in [0.3, 0.4) is 0 Å². The molecule has 2 saturated carbocycles. The van der Waals surface area contributed by atoms with E-state index in [4.69, 9.17) is 4.74 Å². The number of aliphatic hydroxyl groups excluding tert-OH is 1. The molecule has 0 aromatic rings. The van der Waals surface area contributed by atoms with E-state index in [1.54, 1.807) is 0 Å². The maximum atomic E-state index is 10.1. The topological polar surface area (TPSA) is 41.5 Å². The van der Waals surface area contributed by atoms with Crippen LogP contribution < -0.4 is 5.32 Å². The molecule has 4 unspecified atom stereocenters. The lowest BCUT2D eigenvalue weighted by atomic mass is 9.80. The van der Waals surface area contributed by atoms with Gasteiger partial charge in [0.25, 0.3) is 0 Å². The van der Waals surface area contributed by atoms with Crippen molar-refractivity contribution in [3.8, 4) is 0 Å². The van der Waals surface area contributed by atoms with Crippen LogP contribution in [0.1, 0.15) is 65.2 Å². The molecule has 2 fully saturated rings. The molecule has 2 aliphatic carbocycles. The van der Waals surface area contributed by atoms with E-state index < -0.39 is 0 Å². The molecule has 0 aromatic carbocycles. The van der Waals surface area contributed by atoms with E-state index in [0.717, 1.165) is 5.92 Å². The van der Waals surface area contributed by atoms with Crippen LogP contribution in [0.4, 0.5) is 0 Å². The standard InChI is InChI=1S/C17H33NO2/c1-3-14-7-4-5-10-17(14)20-12-16(19)11-18-13(2)15-8-6-9-15/h13-19H,3-12H2,1-2H3. The number of ether oxygens (including phenoxy) is 1. The summed E-state index contributed by atoms with van der Waals surface area (Å²) in [6.45, 7) is 5.66. The zero-order valence-corrected chi connectivity index (χ0v) is 13.3. The Morgan fingerprint density at radius 2 is 1.90 bits per heavy atom. The molecule has 0 spiro atoms. The number of hydrogen-bond donors (Lipinski definition) is 2. The quantitative estimate of drug-likeness (QED) is 0.719. The average Bonchev–Trinajstić information content (AvgIpc) is 2.41. The minimum atomic E-state index is -0.364. The van der Waals surface area contributed by atoms with Gasteiger partial charge in [-0.2, -0.15) is 0 Å². The largest absolute Gasteiger partial charge is 0.389 e. The average molecular weight is 283 g/mol. The third-order valence-corrected chi connectivity index (χ3v) is 5.40. The normalized spacial score (nSPS) is 30.8. The van der Waals surface area contributed by atoms with E-state index in [1.807, 2.05) is 0 Å². The Hall–Kier alpha value is -0.120. The van der Waals surface area contributed by atoms with Gasteiger partial charge in [-0.3, -0.25) is 0 Å². The highest BCUT2D eigenvalue weighted by molar-refractivity contribution is 4.80. The first kappa shape index (κ1) is 16.3. The summed E-state index contributed by atoms with van der Waals surface area (Å²) in [6, 6.07) is 0.538. The van der Waals surface area contributed by atoms with Crippen molar-refractivity contribution in [2.24, 2.45) is 11.8 Å². The zero-order chi connectivity index (χ0) is 14.4. The van der Waals surface area contributed by atoms with E-state index in [9.17, 15) is 5.11 Å². The van der Waals surface area contributed by atoms with Crippen LogP contribution in [0, 0.1) is 11.8 Å². The van der Waals surface area contributed by atoms with Crippen molar-refractivity contribution >= 4 is 0 Å². The Kier molecular flexibility index (Phi) is 6.79. The molecule has 4 atom stereocenters. The predicted octanol–water partition coefficient (Wildman–Crippen LogP) is 3.11. The lowest BCUT2D eigenvalue weighted by Gasteiger charge is -2.33. The Morgan fingerprint density at radius 3 is 2.55 bits per heavy atom. The highest BCUT2D eigenvalue weighted by Gasteiger charge is 2.26. The van der Waals surface area contributed by atoms with E-state index in [0.29, 0.717) is 31.2 Å². The van der Waals surface area contributed by atoms with Gasteiger partial charge in [0.05, 0.1) is 18.8 Å². The van der Waals surface area contributed by atoms with Crippen molar-refractivity contribution < 1.29 is 9.84 Å². The third-order valence-electron chi connectivity index (χ3n) is 5.40. The van der Waals surface area contributed by atoms with E-state index >= 15 is 0 Å². The fourth-order valence-corrected chi connectivity index (χ4v) is 3.58. The molecule has 2 aliphatic rings. The number of aliphatic hydroxyl groups is 1. The van der Waals surface area contributed by atoms with Crippen molar-refractivity contribution in [3.05, 3.63) is 0 Å². The van der Waals surface area contributed by atoms with Crippen molar-refractivity contribution in [1.82, 2.24) is 5.32 Å². The van der Waals surface area contributed by atoms with Gasteiger partial charge in [0.1, 0.15) is 0 Å². The molecule has 3 heteroatoms. The lowest BCUT2D eigenvalue weighted by Crippen LogP contribution is -2.42. The molecule has 0 bridgehead atoms. The summed E-state index contributed by atoms with van der Waals surface area (Å²) < 4.78 is 5.99. The lowest BCUT2D eigenvalue weighted by molar-refractivity contribution is -0.0507. The van der Waals surface area contributed by atoms with Crippen molar-refractivity contribution in [3.63, 3.8) is 0 Å². The number of nitrogens with one attached hydrogen (secondary N) is 1. The second kappa shape index (κ2) is 8.35. The van der Waals surface area contributed by atoms with Gasteiger partial charge in [0.15, 0.2) is 0 Å². The molecule has 2 N–H and O–H groups in total. The monoisotopic (exact) mass is 283 g/mol. The summed E-state index contributed by atoms with van der Waals surface area (Å²) in [6.07, 6.45) is 10.4. The van der Waals surface area contributed by atoms with E-state index in [1.165, 1.54) is 51.4 Å². The van der Waals surface area contributed by atoms with Gasteiger partial charge in [-0.05, 0) is 44.4 Å². The van der Waals surface area contributed by atoms with E-state index in [-0.39, 0.29) is 6.10 Å². The summed E-state index contributed by atoms with van der Waals surface area (Å²) in [5.74, 6) is 1.53. The molecule has 0 radical (unpaired) electrons. The smallest absolute Gasteiger partial charge is 0.0897 e. The van der Waals surface area contributed by atoms with Gasteiger partial charge in [-0.15, -0.1) is 0 Å². The van der Waals surface area contributed by atoms with Crippen LogP contribution in [0.5, 0.6) is 0 Å². The molecule has 2 rings (SSSR count). The molecular weight excluding hydrogens is 250 g/mol. The maximum Gasteiger partial charge on any atom is 0.0897 e. The first-order valence-corrected chi connectivity index (χ1v) is 8.73. The molecule has 3 nitrogen and oxygen atoms in total. The Labute approximate surface area is 124 Å². The van der Waals surface area contributed by atoms with Crippen LogP contribution in [0.15, 0.2) is 0 Å². The second-order valence-electron chi connectivity index (χ2n) is 6.87. The zero-order valence-electron chi connectivity index (χ0n) is 13.3. The van der Waals surface area contributed by atoms with Gasteiger partial charge in [-0.1, -0.05) is 32.6 Å². The fourth-order valence-electron chi connectivity index (χ4n) is 3.58. The van der Waals surface area contributed by atoms with Crippen LogP contribution >= 0.6 is 0 Å². The van der Waals surface area contributed by atoms with Crippen molar-refractivity contribution in [2.75, 3.05) is 13.2 Å². The second-order valence-corrected chi connectivity index (χ2v) is 6.87. The molecule has 0 heterocycles. The van der Waals surface area contributed by atoms with Crippen LogP contribution in [0.2, 0.25) is 0 Å². The minimum absolute atomic E-state index is 0.364. The van der Waals surface area contributed by atoms with Crippen molar-refractivity contribution in [2.45, 2.75) is 83.5 Å².